The predicted molar refractivity (Wildman–Crippen MR) is 112 cm³/mol. The second-order valence-corrected chi connectivity index (χ2v) is 10.9. The summed E-state index contributed by atoms with van der Waals surface area (Å²) in [4.78, 5) is 2.14. The van der Waals surface area contributed by atoms with E-state index in [9.17, 15) is 26.0 Å². The SMILES string of the molecule is Cc1ccc(NS(=O)(=O)c2ccc(S(=O)(=O)F)c(C(C)(C)C)c2)c2[nH]cc(C#N)c12. The van der Waals surface area contributed by atoms with Gasteiger partial charge in [-0.2, -0.15) is 13.7 Å². The fourth-order valence-corrected chi connectivity index (χ4v) is 5.23. The zero-order chi connectivity index (χ0) is 22.5. The highest BCUT2D eigenvalue weighted by atomic mass is 32.3. The third-order valence-corrected chi connectivity index (χ3v) is 6.99. The van der Waals surface area contributed by atoms with Crippen molar-refractivity contribution in [2.45, 2.75) is 42.9 Å². The van der Waals surface area contributed by atoms with Gasteiger partial charge in [0.05, 0.1) is 21.7 Å². The second kappa shape index (κ2) is 7.11. The Morgan fingerprint density at radius 1 is 1.10 bits per heavy atom. The van der Waals surface area contributed by atoms with Gasteiger partial charge >= 0.3 is 10.2 Å². The van der Waals surface area contributed by atoms with E-state index in [4.69, 9.17) is 0 Å². The average Bonchev–Trinajstić information content (AvgIpc) is 3.07. The number of hydrogen-bond acceptors (Lipinski definition) is 5. The lowest BCUT2D eigenvalue weighted by atomic mass is 9.87. The number of aromatic nitrogens is 1. The summed E-state index contributed by atoms with van der Waals surface area (Å²) in [5, 5.41) is 9.86. The number of halogens is 1. The summed E-state index contributed by atoms with van der Waals surface area (Å²) in [7, 11) is -9.15. The van der Waals surface area contributed by atoms with E-state index < -0.39 is 30.6 Å². The molecule has 0 amide bonds. The maximum absolute atomic E-state index is 13.7. The molecule has 0 bridgehead atoms. The van der Waals surface area contributed by atoms with Gasteiger partial charge in [0, 0.05) is 11.6 Å². The van der Waals surface area contributed by atoms with Crippen LogP contribution in [0.1, 0.15) is 37.5 Å². The smallest absolute Gasteiger partial charge is 0.332 e. The molecule has 0 spiro atoms. The van der Waals surface area contributed by atoms with Gasteiger partial charge in [-0.1, -0.05) is 26.8 Å². The Morgan fingerprint density at radius 3 is 2.33 bits per heavy atom. The van der Waals surface area contributed by atoms with Gasteiger partial charge in [-0.25, -0.2) is 8.42 Å². The van der Waals surface area contributed by atoms with Crippen molar-refractivity contribution in [1.82, 2.24) is 4.98 Å². The van der Waals surface area contributed by atoms with Gasteiger partial charge in [-0.15, -0.1) is 3.89 Å². The molecule has 1 heterocycles. The van der Waals surface area contributed by atoms with Crippen molar-refractivity contribution in [3.63, 3.8) is 0 Å². The topological polar surface area (TPSA) is 120 Å². The fourth-order valence-electron chi connectivity index (χ4n) is 3.27. The number of rotatable bonds is 4. The van der Waals surface area contributed by atoms with Crippen molar-refractivity contribution in [2.24, 2.45) is 0 Å². The Balaban J connectivity index is 2.14. The van der Waals surface area contributed by atoms with Gasteiger partial charge in [0.15, 0.2) is 0 Å². The van der Waals surface area contributed by atoms with Crippen molar-refractivity contribution < 1.29 is 20.7 Å². The number of anilines is 1. The summed E-state index contributed by atoms with van der Waals surface area (Å²) >= 11 is 0. The van der Waals surface area contributed by atoms with Gasteiger partial charge in [0.25, 0.3) is 10.0 Å². The first-order valence-electron chi connectivity index (χ1n) is 8.88. The highest BCUT2D eigenvalue weighted by molar-refractivity contribution is 7.92. The third-order valence-electron chi connectivity index (χ3n) is 4.74. The number of sulfonamides is 1. The van der Waals surface area contributed by atoms with E-state index in [0.717, 1.165) is 23.8 Å². The van der Waals surface area contributed by atoms with Gasteiger partial charge in [0.1, 0.15) is 11.0 Å². The van der Waals surface area contributed by atoms with E-state index in [1.165, 1.54) is 6.20 Å². The number of nitriles is 1. The first-order chi connectivity index (χ1) is 13.8. The molecule has 30 heavy (non-hydrogen) atoms. The van der Waals surface area contributed by atoms with E-state index in [1.54, 1.807) is 39.8 Å². The highest BCUT2D eigenvalue weighted by Crippen LogP contribution is 2.34. The van der Waals surface area contributed by atoms with Crippen LogP contribution < -0.4 is 4.72 Å². The van der Waals surface area contributed by atoms with Crippen LogP contribution in [-0.4, -0.2) is 21.8 Å². The molecular weight excluding hydrogens is 429 g/mol. The minimum atomic E-state index is -5.02. The highest BCUT2D eigenvalue weighted by Gasteiger charge is 2.28. The number of aromatic amines is 1. The summed E-state index contributed by atoms with van der Waals surface area (Å²) in [5.41, 5.74) is 1.10. The number of nitrogens with zero attached hydrogens (tertiary/aromatic N) is 1. The number of benzene rings is 2. The molecule has 158 valence electrons. The Bertz CT molecular complexity index is 1410. The Hall–Kier alpha value is -2.90. The normalized spacial score (nSPS) is 12.7. The number of H-pyrrole nitrogens is 1. The number of aryl methyl sites for hydroxylation is 1. The maximum atomic E-state index is 13.7. The van der Waals surface area contributed by atoms with E-state index >= 15 is 0 Å². The van der Waals surface area contributed by atoms with E-state index in [0.29, 0.717) is 16.5 Å². The second-order valence-electron chi connectivity index (χ2n) is 7.95. The zero-order valence-electron chi connectivity index (χ0n) is 16.7. The summed E-state index contributed by atoms with van der Waals surface area (Å²) in [6.45, 7) is 6.78. The Kier molecular flexibility index (Phi) is 5.16. The minimum Gasteiger partial charge on any atom is -0.358 e. The molecule has 0 aliphatic heterocycles. The molecule has 1 aromatic heterocycles. The summed E-state index contributed by atoms with van der Waals surface area (Å²) < 4.78 is 65.2. The van der Waals surface area contributed by atoms with E-state index in [2.05, 4.69) is 15.8 Å². The molecule has 0 fully saturated rings. The van der Waals surface area contributed by atoms with Gasteiger partial charge in [-0.05, 0) is 47.7 Å². The molecule has 2 N–H and O–H groups in total. The number of fused-ring (bicyclic) bond motifs is 1. The van der Waals surface area contributed by atoms with Gasteiger partial charge in [-0.3, -0.25) is 4.72 Å². The largest absolute Gasteiger partial charge is 0.358 e. The predicted octanol–water partition coefficient (Wildman–Crippen LogP) is 4.10. The van der Waals surface area contributed by atoms with Crippen molar-refractivity contribution in [1.29, 1.82) is 5.26 Å². The number of hydrogen-bond donors (Lipinski definition) is 2. The Labute approximate surface area is 174 Å². The molecular formula is C20H20FN3O4S2. The first kappa shape index (κ1) is 21.8. The molecule has 10 heteroatoms. The number of nitrogens with one attached hydrogen (secondary N) is 2. The van der Waals surface area contributed by atoms with Crippen LogP contribution in [0.5, 0.6) is 0 Å². The van der Waals surface area contributed by atoms with E-state index in [1.807, 2.05) is 0 Å². The molecule has 0 unspecified atom stereocenters. The average molecular weight is 450 g/mol. The molecule has 0 saturated heterocycles. The van der Waals surface area contributed by atoms with Crippen molar-refractivity contribution in [2.75, 3.05) is 4.72 Å². The quantitative estimate of drug-likeness (QED) is 0.581. The zero-order valence-corrected chi connectivity index (χ0v) is 18.4. The molecule has 3 aromatic rings. The lowest BCUT2D eigenvalue weighted by Crippen LogP contribution is -2.19. The first-order valence-corrected chi connectivity index (χ1v) is 11.7. The molecule has 7 nitrogen and oxygen atoms in total. The summed E-state index contributed by atoms with van der Waals surface area (Å²) in [6.07, 6.45) is 1.49. The fraction of sp³-hybridized carbons (Fsp3) is 0.250. The minimum absolute atomic E-state index is 0.0496. The Morgan fingerprint density at radius 2 is 1.77 bits per heavy atom. The lowest BCUT2D eigenvalue weighted by molar-refractivity contribution is 0.533. The van der Waals surface area contributed by atoms with Crippen LogP contribution in [0.3, 0.4) is 0 Å². The lowest BCUT2D eigenvalue weighted by Gasteiger charge is -2.22. The summed E-state index contributed by atoms with van der Waals surface area (Å²) in [6, 6.07) is 8.48. The van der Waals surface area contributed by atoms with Crippen LogP contribution in [0, 0.1) is 18.3 Å². The third kappa shape index (κ3) is 3.91. The van der Waals surface area contributed by atoms with Crippen LogP contribution in [0.2, 0.25) is 0 Å². The molecule has 0 radical (unpaired) electrons. The van der Waals surface area contributed by atoms with Crippen LogP contribution in [0.25, 0.3) is 10.9 Å². The maximum Gasteiger partial charge on any atom is 0.332 e. The van der Waals surface area contributed by atoms with Crippen molar-refractivity contribution in [3.05, 3.63) is 53.2 Å². The van der Waals surface area contributed by atoms with Crippen molar-refractivity contribution >= 4 is 36.8 Å². The molecule has 0 aliphatic rings. The van der Waals surface area contributed by atoms with E-state index in [-0.39, 0.29) is 16.1 Å². The van der Waals surface area contributed by atoms with Crippen LogP contribution in [0.15, 0.2) is 46.3 Å². The van der Waals surface area contributed by atoms with Crippen molar-refractivity contribution in [3.8, 4) is 6.07 Å². The molecule has 2 aromatic carbocycles. The van der Waals surface area contributed by atoms with Gasteiger partial charge < -0.3 is 4.98 Å². The van der Waals surface area contributed by atoms with Gasteiger partial charge in [0.2, 0.25) is 0 Å². The van der Waals surface area contributed by atoms with Crippen LogP contribution >= 0.6 is 0 Å². The molecule has 3 rings (SSSR count). The van der Waals surface area contributed by atoms with Crippen LogP contribution in [-0.2, 0) is 25.7 Å². The molecule has 0 aliphatic carbocycles. The monoisotopic (exact) mass is 449 g/mol. The van der Waals surface area contributed by atoms with Crippen LogP contribution in [0.4, 0.5) is 9.57 Å². The summed E-state index contributed by atoms with van der Waals surface area (Å²) in [5.74, 6) is 0. The molecule has 0 saturated carbocycles. The molecule has 0 atom stereocenters. The standard InChI is InChI=1S/C20H20FN3O4S2/c1-12-5-7-16(19-18(12)13(10-22)11-23-19)24-30(27,28)14-6-8-17(29(21,25)26)15(9-14)20(2,3)4/h5-9,11,23-24H,1-4H3.